The Morgan fingerprint density at radius 1 is 0.217 bits per heavy atom. The number of rotatable bonds is 4. The fourth-order valence-electron chi connectivity index (χ4n) is 7.42. The average molecular weight is 583 g/mol. The van der Waals surface area contributed by atoms with E-state index >= 15 is 0 Å². The molecule has 0 aliphatic heterocycles. The van der Waals surface area contributed by atoms with Gasteiger partial charge in [0.25, 0.3) is 0 Å². The van der Waals surface area contributed by atoms with Crippen LogP contribution in [-0.4, -0.2) is 0 Å². The van der Waals surface area contributed by atoms with Crippen LogP contribution >= 0.6 is 0 Å². The maximum Gasteiger partial charge on any atom is -0.00139 e. The van der Waals surface area contributed by atoms with Gasteiger partial charge in [-0.05, 0) is 93.7 Å². The molecule has 0 unspecified atom stereocenters. The number of benzene rings is 9. The van der Waals surface area contributed by atoms with E-state index in [1.807, 2.05) is 0 Å². The molecular weight excluding hydrogens is 553 g/mol. The van der Waals surface area contributed by atoms with Crippen LogP contribution in [0.1, 0.15) is 0 Å². The lowest BCUT2D eigenvalue weighted by Crippen LogP contribution is -1.95. The van der Waals surface area contributed by atoms with Gasteiger partial charge < -0.3 is 0 Å². The lowest BCUT2D eigenvalue weighted by Gasteiger charge is -2.23. The van der Waals surface area contributed by atoms with Gasteiger partial charge in [0.2, 0.25) is 0 Å². The monoisotopic (exact) mass is 582 g/mol. The van der Waals surface area contributed by atoms with Crippen molar-refractivity contribution in [3.05, 3.63) is 182 Å². The van der Waals surface area contributed by atoms with E-state index in [1.165, 1.54) is 87.6 Å². The summed E-state index contributed by atoms with van der Waals surface area (Å²) < 4.78 is 0. The quantitative estimate of drug-likeness (QED) is 0.181. The topological polar surface area (TPSA) is 0 Å². The summed E-state index contributed by atoms with van der Waals surface area (Å²) in [5, 5.41) is 10.1. The van der Waals surface area contributed by atoms with E-state index in [1.54, 1.807) is 0 Å². The van der Waals surface area contributed by atoms with Crippen molar-refractivity contribution >= 4 is 43.1 Å². The average Bonchev–Trinajstić information content (AvgIpc) is 3.13. The molecular formula is C46H30. The van der Waals surface area contributed by atoms with E-state index in [0.29, 0.717) is 0 Å². The van der Waals surface area contributed by atoms with Gasteiger partial charge in [0.15, 0.2) is 0 Å². The van der Waals surface area contributed by atoms with Gasteiger partial charge in [-0.1, -0.05) is 176 Å². The zero-order valence-electron chi connectivity index (χ0n) is 25.3. The maximum absolute atomic E-state index is 2.35. The Hall–Kier alpha value is -5.98. The molecule has 0 N–H and O–H groups in total. The van der Waals surface area contributed by atoms with Crippen molar-refractivity contribution in [2.45, 2.75) is 0 Å². The molecule has 0 aliphatic carbocycles. The molecule has 9 aromatic rings. The summed E-state index contributed by atoms with van der Waals surface area (Å²) in [7, 11) is 0. The van der Waals surface area contributed by atoms with Gasteiger partial charge in [-0.25, -0.2) is 0 Å². The number of fused-ring (bicyclic) bond motifs is 4. The summed E-state index contributed by atoms with van der Waals surface area (Å²) in [6.45, 7) is 0. The summed E-state index contributed by atoms with van der Waals surface area (Å²) in [5.41, 5.74) is 10.0. The van der Waals surface area contributed by atoms with E-state index < -0.39 is 0 Å². The minimum atomic E-state index is 1.21. The minimum Gasteiger partial charge on any atom is -0.0622 e. The first-order valence-electron chi connectivity index (χ1n) is 15.9. The molecule has 0 nitrogen and oxygen atoms in total. The molecule has 0 amide bonds. The fraction of sp³-hybridized carbons (Fsp3) is 0. The fourth-order valence-corrected chi connectivity index (χ4v) is 7.42. The molecule has 0 heteroatoms. The lowest BCUT2D eigenvalue weighted by atomic mass is 9.80. The van der Waals surface area contributed by atoms with Crippen molar-refractivity contribution in [1.82, 2.24) is 0 Å². The summed E-state index contributed by atoms with van der Waals surface area (Å²) in [6, 6.07) is 66.6. The Bertz CT molecular complexity index is 2510. The van der Waals surface area contributed by atoms with Crippen molar-refractivity contribution in [3.8, 4) is 44.5 Å². The zero-order valence-corrected chi connectivity index (χ0v) is 25.3. The highest BCUT2D eigenvalue weighted by molar-refractivity contribution is 6.24. The van der Waals surface area contributed by atoms with Gasteiger partial charge in [-0.3, -0.25) is 0 Å². The van der Waals surface area contributed by atoms with Crippen molar-refractivity contribution in [3.63, 3.8) is 0 Å². The third kappa shape index (κ3) is 4.23. The highest BCUT2D eigenvalue weighted by Crippen LogP contribution is 2.50. The van der Waals surface area contributed by atoms with Crippen LogP contribution in [-0.2, 0) is 0 Å². The molecule has 214 valence electrons. The Morgan fingerprint density at radius 2 is 0.717 bits per heavy atom. The van der Waals surface area contributed by atoms with Crippen LogP contribution in [0.3, 0.4) is 0 Å². The Morgan fingerprint density at radius 3 is 1.43 bits per heavy atom. The van der Waals surface area contributed by atoms with Crippen molar-refractivity contribution in [1.29, 1.82) is 0 Å². The van der Waals surface area contributed by atoms with Crippen LogP contribution in [0.5, 0.6) is 0 Å². The van der Waals surface area contributed by atoms with Crippen molar-refractivity contribution in [2.75, 3.05) is 0 Å². The van der Waals surface area contributed by atoms with Crippen LogP contribution in [0, 0.1) is 0 Å². The molecule has 0 aliphatic rings. The van der Waals surface area contributed by atoms with Crippen molar-refractivity contribution in [2.24, 2.45) is 0 Å². The molecule has 0 spiro atoms. The molecule has 0 saturated heterocycles. The van der Waals surface area contributed by atoms with Gasteiger partial charge in [0.05, 0.1) is 0 Å². The molecule has 0 aromatic heterocycles. The van der Waals surface area contributed by atoms with Crippen LogP contribution in [0.2, 0.25) is 0 Å². The molecule has 9 aromatic carbocycles. The van der Waals surface area contributed by atoms with Crippen molar-refractivity contribution < 1.29 is 0 Å². The molecule has 9 rings (SSSR count). The van der Waals surface area contributed by atoms with E-state index in [9.17, 15) is 0 Å². The minimum absolute atomic E-state index is 1.21. The molecule has 0 fully saturated rings. The summed E-state index contributed by atoms with van der Waals surface area (Å²) in [5.74, 6) is 0. The highest BCUT2D eigenvalue weighted by atomic mass is 14.2. The third-order valence-corrected chi connectivity index (χ3v) is 9.45. The summed E-state index contributed by atoms with van der Waals surface area (Å²) >= 11 is 0. The molecule has 0 heterocycles. The van der Waals surface area contributed by atoms with Gasteiger partial charge in [-0.2, -0.15) is 0 Å². The molecule has 46 heavy (non-hydrogen) atoms. The van der Waals surface area contributed by atoms with Crippen LogP contribution in [0.15, 0.2) is 182 Å². The molecule has 0 atom stereocenters. The highest BCUT2D eigenvalue weighted by Gasteiger charge is 2.22. The van der Waals surface area contributed by atoms with Gasteiger partial charge in [0.1, 0.15) is 0 Å². The first kappa shape index (κ1) is 26.4. The van der Waals surface area contributed by atoms with Gasteiger partial charge in [0, 0.05) is 0 Å². The predicted octanol–water partition coefficient (Wildman–Crippen LogP) is 13.0. The lowest BCUT2D eigenvalue weighted by molar-refractivity contribution is 1.59. The molecule has 0 bridgehead atoms. The number of hydrogen-bond acceptors (Lipinski definition) is 0. The predicted molar refractivity (Wildman–Crippen MR) is 198 cm³/mol. The SMILES string of the molecule is c1ccc(-c2cccc(-c3cccc4ccccc34)c2-c2c3ccccc3c(-c3ccc4ccccc4c3)c3ccccc23)cc1. The van der Waals surface area contributed by atoms with Gasteiger partial charge >= 0.3 is 0 Å². The maximum atomic E-state index is 2.35. The Labute approximate surface area is 268 Å². The summed E-state index contributed by atoms with van der Waals surface area (Å²) in [4.78, 5) is 0. The van der Waals surface area contributed by atoms with E-state index in [0.717, 1.165) is 0 Å². The van der Waals surface area contributed by atoms with E-state index in [2.05, 4.69) is 182 Å². The number of hydrogen-bond donors (Lipinski definition) is 0. The Kier molecular flexibility index (Phi) is 6.25. The second kappa shape index (κ2) is 10.9. The first-order valence-corrected chi connectivity index (χ1v) is 15.9. The second-order valence-corrected chi connectivity index (χ2v) is 12.0. The zero-order chi connectivity index (χ0) is 30.5. The molecule has 0 saturated carbocycles. The van der Waals surface area contributed by atoms with Gasteiger partial charge in [-0.15, -0.1) is 0 Å². The van der Waals surface area contributed by atoms with E-state index in [-0.39, 0.29) is 0 Å². The smallest absolute Gasteiger partial charge is 0.00139 e. The second-order valence-electron chi connectivity index (χ2n) is 12.0. The standard InChI is InChI=1S/C46H30/c1-2-15-33(16-3-1)37-25-13-27-39(38-26-12-19-32-17-6-7-20-36(32)38)45(37)46-42-23-10-8-21-40(42)44(41-22-9-11-24-43(41)46)35-29-28-31-14-4-5-18-34(31)30-35/h1-30H. The normalized spacial score (nSPS) is 11.5. The van der Waals surface area contributed by atoms with Crippen LogP contribution in [0.4, 0.5) is 0 Å². The molecule has 0 radical (unpaired) electrons. The first-order chi connectivity index (χ1) is 22.8. The van der Waals surface area contributed by atoms with Crippen LogP contribution in [0.25, 0.3) is 87.6 Å². The third-order valence-electron chi connectivity index (χ3n) is 9.45. The van der Waals surface area contributed by atoms with Crippen LogP contribution < -0.4 is 0 Å². The van der Waals surface area contributed by atoms with E-state index in [4.69, 9.17) is 0 Å². The largest absolute Gasteiger partial charge is 0.0622 e. The Balaban J connectivity index is 1.45. The summed E-state index contributed by atoms with van der Waals surface area (Å²) in [6.07, 6.45) is 0.